The van der Waals surface area contributed by atoms with Gasteiger partial charge in [-0.05, 0) is 36.1 Å². The fourth-order valence-corrected chi connectivity index (χ4v) is 3.91. The zero-order valence-electron chi connectivity index (χ0n) is 16.2. The molecule has 0 atom stereocenters. The van der Waals surface area contributed by atoms with Gasteiger partial charge in [0.15, 0.2) is 0 Å². The number of ether oxygens (including phenoxy) is 2. The highest BCUT2D eigenvalue weighted by Gasteiger charge is 2.18. The predicted octanol–water partition coefficient (Wildman–Crippen LogP) is 2.60. The third kappa shape index (κ3) is 6.23. The lowest BCUT2D eigenvalue weighted by atomic mass is 10.0. The Morgan fingerprint density at radius 1 is 1.27 bits per heavy atom. The van der Waals surface area contributed by atoms with E-state index >= 15 is 0 Å². The highest BCUT2D eigenvalue weighted by Crippen LogP contribution is 2.29. The van der Waals surface area contributed by atoms with Crippen LogP contribution in [0.1, 0.15) is 45.1 Å². The van der Waals surface area contributed by atoms with E-state index < -0.39 is 10.0 Å². The number of benzene rings is 1. The van der Waals surface area contributed by atoms with Crippen molar-refractivity contribution in [2.45, 2.75) is 44.4 Å². The number of nitrogens with one attached hydrogen (secondary N) is 1. The van der Waals surface area contributed by atoms with Crippen molar-refractivity contribution in [3.63, 3.8) is 0 Å². The number of rotatable bonds is 10. The Labute approximate surface area is 157 Å². The van der Waals surface area contributed by atoms with Gasteiger partial charge in [0.05, 0.1) is 24.7 Å². The maximum Gasteiger partial charge on any atom is 0.240 e. The maximum atomic E-state index is 12.6. The molecule has 0 radical (unpaired) electrons. The Balaban J connectivity index is 2.01. The van der Waals surface area contributed by atoms with E-state index in [0.717, 1.165) is 37.2 Å². The van der Waals surface area contributed by atoms with Gasteiger partial charge in [-0.1, -0.05) is 27.2 Å². The summed E-state index contributed by atoms with van der Waals surface area (Å²) in [6, 6.07) is 5.15. The first kappa shape index (κ1) is 21.2. The SMILES string of the molecule is CCCCOc1ccc(S(=O)(=O)NCCN2CCOCC2)cc1C(C)C. The summed E-state index contributed by atoms with van der Waals surface area (Å²) in [5.74, 6) is 0.968. The van der Waals surface area contributed by atoms with Crippen molar-refractivity contribution in [3.05, 3.63) is 23.8 Å². The first-order valence-corrected chi connectivity index (χ1v) is 11.0. The highest BCUT2D eigenvalue weighted by atomic mass is 32.2. The van der Waals surface area contributed by atoms with E-state index in [2.05, 4.69) is 16.5 Å². The summed E-state index contributed by atoms with van der Waals surface area (Å²) in [6.45, 7) is 11.1. The minimum Gasteiger partial charge on any atom is -0.493 e. The Morgan fingerprint density at radius 2 is 2.00 bits per heavy atom. The van der Waals surface area contributed by atoms with E-state index in [1.807, 2.05) is 13.8 Å². The van der Waals surface area contributed by atoms with Gasteiger partial charge in [0.25, 0.3) is 0 Å². The molecule has 26 heavy (non-hydrogen) atoms. The molecule has 0 aromatic heterocycles. The van der Waals surface area contributed by atoms with Crippen LogP contribution in [-0.2, 0) is 14.8 Å². The van der Waals surface area contributed by atoms with Crippen molar-refractivity contribution in [1.29, 1.82) is 0 Å². The minimum atomic E-state index is -3.52. The van der Waals surface area contributed by atoms with Gasteiger partial charge < -0.3 is 9.47 Å². The first-order valence-electron chi connectivity index (χ1n) is 9.50. The predicted molar refractivity (Wildman–Crippen MR) is 103 cm³/mol. The molecule has 1 saturated heterocycles. The lowest BCUT2D eigenvalue weighted by molar-refractivity contribution is 0.0390. The molecule has 0 spiro atoms. The second-order valence-electron chi connectivity index (χ2n) is 6.91. The Bertz CT molecular complexity index is 656. The second kappa shape index (κ2) is 10.3. The second-order valence-corrected chi connectivity index (χ2v) is 8.68. The highest BCUT2D eigenvalue weighted by molar-refractivity contribution is 7.89. The number of morpholine rings is 1. The van der Waals surface area contributed by atoms with Crippen LogP contribution in [0.3, 0.4) is 0 Å². The number of nitrogens with zero attached hydrogens (tertiary/aromatic N) is 1. The van der Waals surface area contributed by atoms with Crippen LogP contribution >= 0.6 is 0 Å². The standard InChI is InChI=1S/C19H32N2O4S/c1-4-5-12-25-19-7-6-17(15-18(19)16(2)3)26(22,23)20-8-9-21-10-13-24-14-11-21/h6-7,15-16,20H,4-5,8-14H2,1-3H3. The molecule has 1 aromatic carbocycles. The Hall–Kier alpha value is -1.15. The van der Waals surface area contributed by atoms with Gasteiger partial charge in [-0.25, -0.2) is 13.1 Å². The third-order valence-electron chi connectivity index (χ3n) is 4.49. The molecule has 0 unspecified atom stereocenters. The fourth-order valence-electron chi connectivity index (χ4n) is 2.85. The van der Waals surface area contributed by atoms with Gasteiger partial charge in [-0.3, -0.25) is 4.90 Å². The zero-order chi connectivity index (χ0) is 19.0. The molecule has 0 saturated carbocycles. The van der Waals surface area contributed by atoms with Gasteiger partial charge >= 0.3 is 0 Å². The van der Waals surface area contributed by atoms with Crippen LogP contribution in [0.25, 0.3) is 0 Å². The third-order valence-corrected chi connectivity index (χ3v) is 5.95. The van der Waals surface area contributed by atoms with Crippen molar-refractivity contribution >= 4 is 10.0 Å². The largest absolute Gasteiger partial charge is 0.493 e. The number of unbranched alkanes of at least 4 members (excludes halogenated alkanes) is 1. The average Bonchev–Trinajstić information content (AvgIpc) is 2.62. The quantitative estimate of drug-likeness (QED) is 0.628. The average molecular weight is 385 g/mol. The van der Waals surface area contributed by atoms with Crippen LogP contribution in [0.4, 0.5) is 0 Å². The topological polar surface area (TPSA) is 67.9 Å². The van der Waals surface area contributed by atoms with Crippen LogP contribution < -0.4 is 9.46 Å². The molecule has 1 aliphatic heterocycles. The van der Waals surface area contributed by atoms with Gasteiger partial charge in [0.1, 0.15) is 5.75 Å². The van der Waals surface area contributed by atoms with Gasteiger partial charge in [0, 0.05) is 26.2 Å². The van der Waals surface area contributed by atoms with Crippen LogP contribution in [0.5, 0.6) is 5.75 Å². The van der Waals surface area contributed by atoms with E-state index in [1.54, 1.807) is 18.2 Å². The van der Waals surface area contributed by atoms with E-state index in [0.29, 0.717) is 37.8 Å². The summed E-state index contributed by atoms with van der Waals surface area (Å²) in [4.78, 5) is 2.50. The minimum absolute atomic E-state index is 0.190. The van der Waals surface area contributed by atoms with Gasteiger partial charge in [-0.2, -0.15) is 0 Å². The van der Waals surface area contributed by atoms with Gasteiger partial charge in [0.2, 0.25) is 10.0 Å². The number of hydrogen-bond donors (Lipinski definition) is 1. The molecule has 1 aliphatic rings. The van der Waals surface area contributed by atoms with Crippen molar-refractivity contribution in [3.8, 4) is 5.75 Å². The molecule has 6 nitrogen and oxygen atoms in total. The summed E-state index contributed by atoms with van der Waals surface area (Å²) in [5, 5.41) is 0. The van der Waals surface area contributed by atoms with Crippen molar-refractivity contribution in [2.24, 2.45) is 0 Å². The molecule has 0 bridgehead atoms. The monoisotopic (exact) mass is 384 g/mol. The summed E-state index contributed by atoms with van der Waals surface area (Å²) < 4.78 is 39.1. The van der Waals surface area contributed by atoms with Crippen molar-refractivity contribution in [1.82, 2.24) is 9.62 Å². The van der Waals surface area contributed by atoms with E-state index in [4.69, 9.17) is 9.47 Å². The van der Waals surface area contributed by atoms with Crippen LogP contribution in [0.15, 0.2) is 23.1 Å². The molecule has 0 amide bonds. The lowest BCUT2D eigenvalue weighted by Crippen LogP contribution is -2.41. The molecule has 1 heterocycles. The summed E-state index contributed by atoms with van der Waals surface area (Å²) in [6.07, 6.45) is 2.05. The molecule has 0 aliphatic carbocycles. The number of hydrogen-bond acceptors (Lipinski definition) is 5. The normalized spacial score (nSPS) is 16.2. The first-order chi connectivity index (χ1) is 12.4. The lowest BCUT2D eigenvalue weighted by Gasteiger charge is -2.26. The molecule has 148 valence electrons. The Kier molecular flexibility index (Phi) is 8.34. The van der Waals surface area contributed by atoms with E-state index in [1.165, 1.54) is 0 Å². The molecule has 2 rings (SSSR count). The summed E-state index contributed by atoms with van der Waals surface area (Å²) >= 11 is 0. The molecular formula is C19H32N2O4S. The van der Waals surface area contributed by atoms with Crippen molar-refractivity contribution < 1.29 is 17.9 Å². The molecule has 7 heteroatoms. The fraction of sp³-hybridized carbons (Fsp3) is 0.684. The summed E-state index contributed by atoms with van der Waals surface area (Å²) in [5.41, 5.74) is 0.928. The molecule has 1 fully saturated rings. The van der Waals surface area contributed by atoms with E-state index in [-0.39, 0.29) is 5.92 Å². The Morgan fingerprint density at radius 3 is 2.65 bits per heavy atom. The summed E-state index contributed by atoms with van der Waals surface area (Å²) in [7, 11) is -3.52. The van der Waals surface area contributed by atoms with Crippen LogP contribution in [-0.4, -0.2) is 59.3 Å². The maximum absolute atomic E-state index is 12.6. The zero-order valence-corrected chi connectivity index (χ0v) is 17.0. The molecular weight excluding hydrogens is 352 g/mol. The van der Waals surface area contributed by atoms with Crippen LogP contribution in [0, 0.1) is 0 Å². The van der Waals surface area contributed by atoms with Crippen molar-refractivity contribution in [2.75, 3.05) is 46.0 Å². The number of sulfonamides is 1. The molecule has 1 N–H and O–H groups in total. The smallest absolute Gasteiger partial charge is 0.240 e. The van der Waals surface area contributed by atoms with Gasteiger partial charge in [-0.15, -0.1) is 0 Å². The molecule has 1 aromatic rings. The van der Waals surface area contributed by atoms with Crippen LogP contribution in [0.2, 0.25) is 0 Å². The van der Waals surface area contributed by atoms with E-state index in [9.17, 15) is 8.42 Å².